The second kappa shape index (κ2) is 37.4. The summed E-state index contributed by atoms with van der Waals surface area (Å²) >= 11 is 0. The van der Waals surface area contributed by atoms with Gasteiger partial charge >= 0.3 is 0 Å². The number of piperidine rings is 8. The largest absolute Gasteiger partial charge is 0.472 e. The van der Waals surface area contributed by atoms with Crippen molar-refractivity contribution >= 4 is 23.6 Å². The van der Waals surface area contributed by atoms with Crippen LogP contribution in [0.25, 0.3) is 45.8 Å². The first-order valence-electron chi connectivity index (χ1n) is 42.5. The van der Waals surface area contributed by atoms with Crippen molar-refractivity contribution < 1.29 is 55.7 Å². The van der Waals surface area contributed by atoms with E-state index in [1.165, 1.54) is 0 Å². The van der Waals surface area contributed by atoms with Crippen molar-refractivity contribution in [2.24, 2.45) is 23.7 Å². The lowest BCUT2D eigenvalue weighted by molar-refractivity contribution is -0.0316. The predicted octanol–water partition coefficient (Wildman–Crippen LogP) is 14.4. The highest BCUT2D eigenvalue weighted by Crippen LogP contribution is 2.44. The molecule has 24 rings (SSSR count). The number of rotatable bonds is 16. The van der Waals surface area contributed by atoms with Crippen LogP contribution in [0.3, 0.4) is 0 Å². The fraction of sp³-hybridized carbons (Fsp3) is 0.362. The van der Waals surface area contributed by atoms with Crippen molar-refractivity contribution in [3.8, 4) is 69.3 Å². The number of aromatic nitrogens is 16. The van der Waals surface area contributed by atoms with E-state index in [9.17, 15) is 36.7 Å². The van der Waals surface area contributed by atoms with E-state index in [1.54, 1.807) is 86.0 Å². The summed E-state index contributed by atoms with van der Waals surface area (Å²) in [6.45, 7) is 14.4. The molecule has 0 radical (unpaired) electrons. The first kappa shape index (κ1) is 84.5. The Bertz CT molecular complexity index is 5620. The zero-order valence-electron chi connectivity index (χ0n) is 70.3. The molecule has 8 aliphatic heterocycles. The van der Waals surface area contributed by atoms with Crippen LogP contribution in [0.1, 0.15) is 152 Å². The maximum Gasteiger partial charge on any atom is 0.273 e. The number of aryl methyl sites for hydroxylation is 6. The molecule has 12 aromatic rings. The molecule has 0 spiro atoms. The Balaban J connectivity index is 0.000000119. The molecular weight excluding hydrogens is 1610 g/mol. The molecule has 126 heavy (non-hydrogen) atoms. The Morgan fingerprint density at radius 2 is 0.643 bits per heavy atom. The van der Waals surface area contributed by atoms with Crippen LogP contribution in [0, 0.1) is 88.5 Å². The second-order valence-electron chi connectivity index (χ2n) is 33.6. The van der Waals surface area contributed by atoms with Gasteiger partial charge in [-0.1, -0.05) is 24.3 Å². The van der Waals surface area contributed by atoms with Gasteiger partial charge in [0.2, 0.25) is 23.5 Å². The number of ether oxygens (including phenoxy) is 4. The number of pyridine rings is 8. The molecule has 644 valence electrons. The van der Waals surface area contributed by atoms with E-state index in [2.05, 4.69) is 79.7 Å². The van der Waals surface area contributed by atoms with Crippen LogP contribution in [-0.4, -0.2) is 198 Å². The Morgan fingerprint density at radius 3 is 1.03 bits per heavy atom. The number of hydrogen-bond acceptors (Lipinski definition) is 24. The van der Waals surface area contributed by atoms with Gasteiger partial charge in [-0.3, -0.25) is 39.1 Å². The third kappa shape index (κ3) is 19.0. The van der Waals surface area contributed by atoms with Gasteiger partial charge in [-0.05, 0) is 212 Å². The lowest BCUT2D eigenvalue weighted by Crippen LogP contribution is -2.59. The molecule has 4 saturated carbocycles. The number of carbonyl (C=O) groups excluding carboxylic acids is 4. The molecule has 12 aromatic heterocycles. The first-order chi connectivity index (χ1) is 61.1. The minimum Gasteiger partial charge on any atom is -0.472 e. The number of nitrogens with zero attached hydrogens (tertiary/aromatic N) is 20. The minimum atomic E-state index is -0.536. The Kier molecular flexibility index (Phi) is 25.1. The maximum absolute atomic E-state index is 13.7. The molecule has 8 bridgehead atoms. The van der Waals surface area contributed by atoms with E-state index in [1.807, 2.05) is 110 Å². The Hall–Kier alpha value is -13.7. The van der Waals surface area contributed by atoms with Crippen molar-refractivity contribution in [2.75, 3.05) is 26.2 Å². The molecule has 8 saturated heterocycles. The second-order valence-corrected chi connectivity index (χ2v) is 33.6. The van der Waals surface area contributed by atoms with Crippen LogP contribution < -0.4 is 18.9 Å². The first-order valence-corrected chi connectivity index (χ1v) is 42.5. The van der Waals surface area contributed by atoms with Crippen LogP contribution in [0.5, 0.6) is 23.5 Å². The van der Waals surface area contributed by atoms with E-state index in [0.29, 0.717) is 113 Å². The standard InChI is InChI=1S/2C24H24FN5O2.2C23H22FN5O2/c1-14-3-6-21(26-9-14)32-20-8-16-4-5-19(20)30(13-16)24(31)18-7-15(2)10-27-22(18)23-28-11-17(25)12-29-23;1-14-3-6-20(27-10-14)32-19-9-16-4-5-18(19)30(13-16)24(31)22-21(15(2)7-8-26-22)23-28-11-17(25)12-29-23;1-14-4-7-20(26-10-14)31-19-9-15-5-6-18(19)29(13-15)23(30)17-3-2-8-25-21(17)22-27-11-16(24)12-28-22;1-14-4-7-20(26-10-14)31-19-9-15-5-6-18(19)29(13-15)23(30)21-17(3-2-8-25-21)22-27-11-16(24)12-28-22/h3,6-7,9-12,16,19-20H,4-5,8,13H2,1-2H3;3,6-8,10-12,16,18-19H,4-5,9,13H2,1-2H3;2*2-4,7-8,10-12,15,18-19H,5-6,9,13H2,1H3. The Labute approximate surface area is 724 Å². The van der Waals surface area contributed by atoms with Gasteiger partial charge in [0.05, 0.1) is 96.0 Å². The van der Waals surface area contributed by atoms with Crippen LogP contribution in [0.15, 0.2) is 184 Å². The number of amides is 4. The summed E-state index contributed by atoms with van der Waals surface area (Å²) in [5.74, 6) is 2.12. The van der Waals surface area contributed by atoms with Crippen LogP contribution >= 0.6 is 0 Å². The molecule has 12 aliphatic rings. The van der Waals surface area contributed by atoms with Gasteiger partial charge in [0.25, 0.3) is 23.6 Å². The normalized spacial score (nSPS) is 22.2. The van der Waals surface area contributed by atoms with E-state index < -0.39 is 23.3 Å². The van der Waals surface area contributed by atoms with E-state index >= 15 is 0 Å². The average molecular weight is 1710 g/mol. The molecule has 20 heterocycles. The third-order valence-electron chi connectivity index (χ3n) is 24.6. The molecule has 12 unspecified atom stereocenters. The predicted molar refractivity (Wildman–Crippen MR) is 453 cm³/mol. The summed E-state index contributed by atoms with van der Waals surface area (Å²) in [6, 6.07) is 25.7. The number of carbonyl (C=O) groups is 4. The summed E-state index contributed by atoms with van der Waals surface area (Å²) < 4.78 is 78.1. The molecule has 12 atom stereocenters. The molecule has 28 nitrogen and oxygen atoms in total. The zero-order valence-corrected chi connectivity index (χ0v) is 70.3. The molecule has 4 amide bonds. The van der Waals surface area contributed by atoms with Gasteiger partial charge in [-0.25, -0.2) is 77.4 Å². The molecule has 0 N–H and O–H groups in total. The van der Waals surface area contributed by atoms with Crippen LogP contribution in [-0.2, 0) is 0 Å². The molecular formula is C94H92F4N20O8. The fourth-order valence-electron chi connectivity index (χ4n) is 18.5. The van der Waals surface area contributed by atoms with Crippen molar-refractivity contribution in [1.29, 1.82) is 0 Å². The van der Waals surface area contributed by atoms with Gasteiger partial charge in [0.15, 0.2) is 46.6 Å². The van der Waals surface area contributed by atoms with Crippen LogP contribution in [0.2, 0.25) is 0 Å². The number of fused-ring (bicyclic) bond motifs is 12. The summed E-state index contributed by atoms with van der Waals surface area (Å²) in [4.78, 5) is 129. The van der Waals surface area contributed by atoms with Gasteiger partial charge in [-0.2, -0.15) is 0 Å². The van der Waals surface area contributed by atoms with Crippen LogP contribution in [0.4, 0.5) is 17.6 Å². The van der Waals surface area contributed by atoms with Gasteiger partial charge in [-0.15, -0.1) is 0 Å². The van der Waals surface area contributed by atoms with Gasteiger partial charge < -0.3 is 38.5 Å². The highest BCUT2D eigenvalue weighted by atomic mass is 19.1. The van der Waals surface area contributed by atoms with Crippen molar-refractivity contribution in [3.05, 3.63) is 263 Å². The molecule has 0 aromatic carbocycles. The monoisotopic (exact) mass is 1700 g/mol. The van der Waals surface area contributed by atoms with Gasteiger partial charge in [0, 0.05) is 100 Å². The van der Waals surface area contributed by atoms with Crippen molar-refractivity contribution in [1.82, 2.24) is 99.3 Å². The lowest BCUT2D eigenvalue weighted by atomic mass is 9.77. The molecule has 4 aliphatic carbocycles. The minimum absolute atomic E-state index is 0.0391. The smallest absolute Gasteiger partial charge is 0.273 e. The molecule has 12 fully saturated rings. The highest BCUT2D eigenvalue weighted by Gasteiger charge is 2.50. The van der Waals surface area contributed by atoms with Crippen molar-refractivity contribution in [3.63, 3.8) is 0 Å². The topological polar surface area (TPSA) is 324 Å². The van der Waals surface area contributed by atoms with E-state index in [0.717, 1.165) is 160 Å². The summed E-state index contributed by atoms with van der Waals surface area (Å²) in [6.07, 6.45) is 33.3. The Morgan fingerprint density at radius 1 is 0.310 bits per heavy atom. The average Bonchev–Trinajstić information content (AvgIpc) is 0.774. The van der Waals surface area contributed by atoms with Gasteiger partial charge in [0.1, 0.15) is 47.2 Å². The number of halogens is 4. The summed E-state index contributed by atoms with van der Waals surface area (Å²) in [5, 5.41) is 0. The maximum atomic E-state index is 13.7. The fourth-order valence-corrected chi connectivity index (χ4v) is 18.5. The van der Waals surface area contributed by atoms with E-state index in [4.69, 9.17) is 18.9 Å². The SMILES string of the molecule is Cc1ccc(OC2CC3CCC2N(C(=O)c2cc(C)cnc2-c2ncc(F)cn2)C3)nc1.Cc1ccc(OC2CC3CCC2N(C(=O)c2cccnc2-c2ncc(F)cn2)C3)nc1.Cc1ccc(OC2CC3CCC2N(C(=O)c2nccc(C)c2-c2ncc(F)cn2)C3)nc1.Cc1ccc(OC2CC3CCC2N(C(=O)c2ncccc2-c2ncc(F)cn2)C3)nc1. The highest BCUT2D eigenvalue weighted by molar-refractivity contribution is 6.02. The van der Waals surface area contributed by atoms with E-state index in [-0.39, 0.29) is 101 Å². The summed E-state index contributed by atoms with van der Waals surface area (Å²) in [5.41, 5.74) is 9.10. The zero-order chi connectivity index (χ0) is 87.2. The van der Waals surface area contributed by atoms with Crippen molar-refractivity contribution in [2.45, 2.75) is 167 Å². The molecule has 32 heteroatoms. The third-order valence-corrected chi connectivity index (χ3v) is 24.6. The summed E-state index contributed by atoms with van der Waals surface area (Å²) in [7, 11) is 0. The number of hydrogen-bond donors (Lipinski definition) is 0. The quantitative estimate of drug-likeness (QED) is 0.0811. The lowest BCUT2D eigenvalue weighted by Gasteiger charge is -2.49.